The Hall–Kier alpha value is -0.970. The minimum atomic E-state index is -0.449. The van der Waals surface area contributed by atoms with Crippen LogP contribution in [-0.4, -0.2) is 34.1 Å². The van der Waals surface area contributed by atoms with Gasteiger partial charge in [-0.15, -0.1) is 0 Å². The van der Waals surface area contributed by atoms with Gasteiger partial charge in [0.1, 0.15) is 4.99 Å². The molecule has 0 aromatic heterocycles. The molecule has 1 heterocycles. The number of nitrogens with zero attached hydrogens (tertiary/aromatic N) is 1. The highest BCUT2D eigenvalue weighted by Crippen LogP contribution is 2.26. The van der Waals surface area contributed by atoms with Crippen LogP contribution < -0.4 is 5.73 Å². The molecule has 1 aromatic carbocycles. The van der Waals surface area contributed by atoms with Gasteiger partial charge in [-0.05, 0) is 30.9 Å². The Morgan fingerprint density at radius 2 is 2.05 bits per heavy atom. The molecule has 0 spiro atoms. The van der Waals surface area contributed by atoms with Crippen molar-refractivity contribution >= 4 is 17.2 Å². The molecule has 1 aliphatic heterocycles. The lowest BCUT2D eigenvalue weighted by Crippen LogP contribution is -2.36. The van der Waals surface area contributed by atoms with Crippen molar-refractivity contribution in [1.29, 1.82) is 0 Å². The van der Waals surface area contributed by atoms with E-state index in [0.717, 1.165) is 17.7 Å². The fourth-order valence-corrected chi connectivity index (χ4v) is 3.17. The van der Waals surface area contributed by atoms with Gasteiger partial charge >= 0.3 is 0 Å². The number of hydrogen-bond acceptors (Lipinski definition) is 3. The van der Waals surface area contributed by atoms with Crippen LogP contribution in [0.1, 0.15) is 43.9 Å². The molecule has 2 unspecified atom stereocenters. The lowest BCUT2D eigenvalue weighted by Gasteiger charge is -2.29. The third-order valence-electron chi connectivity index (χ3n) is 4.17. The Balaban J connectivity index is 2.00. The number of hydrogen-bond donors (Lipinski definition) is 2. The van der Waals surface area contributed by atoms with Gasteiger partial charge in [-0.1, -0.05) is 50.3 Å². The first-order valence-electron chi connectivity index (χ1n) is 7.31. The standard InChI is InChI=1S/C16H24N2OS/c1-11(2)14-4-3-9-18(14)10-15(19)12-5-7-13(8-6-12)16(17)20/h5-8,11,14-15,19H,3-4,9-10H2,1-2H3,(H2,17,20). The van der Waals surface area contributed by atoms with Gasteiger partial charge in [0.05, 0.1) is 6.10 Å². The zero-order chi connectivity index (χ0) is 14.7. The monoisotopic (exact) mass is 292 g/mol. The number of rotatable bonds is 5. The second-order valence-corrected chi connectivity index (χ2v) is 6.39. The fraction of sp³-hybridized carbons (Fsp3) is 0.562. The van der Waals surface area contributed by atoms with Crippen molar-refractivity contribution in [3.8, 4) is 0 Å². The van der Waals surface area contributed by atoms with Crippen molar-refractivity contribution in [2.75, 3.05) is 13.1 Å². The average Bonchev–Trinajstić information content (AvgIpc) is 2.87. The lowest BCUT2D eigenvalue weighted by molar-refractivity contribution is 0.0939. The molecule has 4 heteroatoms. The number of benzene rings is 1. The summed E-state index contributed by atoms with van der Waals surface area (Å²) in [5.74, 6) is 0.640. The van der Waals surface area contributed by atoms with Crippen molar-refractivity contribution < 1.29 is 5.11 Å². The van der Waals surface area contributed by atoms with Crippen molar-refractivity contribution in [2.24, 2.45) is 11.7 Å². The summed E-state index contributed by atoms with van der Waals surface area (Å²) in [7, 11) is 0. The van der Waals surface area contributed by atoms with Gasteiger partial charge in [0.2, 0.25) is 0 Å². The Labute approximate surface area is 126 Å². The van der Waals surface area contributed by atoms with Gasteiger partial charge in [-0.2, -0.15) is 0 Å². The molecule has 1 fully saturated rings. The van der Waals surface area contributed by atoms with Crippen LogP contribution in [-0.2, 0) is 0 Å². The molecule has 3 N–H and O–H groups in total. The molecule has 1 saturated heterocycles. The van der Waals surface area contributed by atoms with Gasteiger partial charge in [-0.25, -0.2) is 0 Å². The molecular formula is C16H24N2OS. The lowest BCUT2D eigenvalue weighted by atomic mass is 10.0. The maximum absolute atomic E-state index is 10.4. The molecule has 0 radical (unpaired) electrons. The van der Waals surface area contributed by atoms with Crippen molar-refractivity contribution in [1.82, 2.24) is 4.90 Å². The molecule has 0 bridgehead atoms. The van der Waals surface area contributed by atoms with E-state index in [9.17, 15) is 5.11 Å². The maximum atomic E-state index is 10.4. The third-order valence-corrected chi connectivity index (χ3v) is 4.41. The second kappa shape index (κ2) is 6.66. The van der Waals surface area contributed by atoms with Gasteiger partial charge in [-0.3, -0.25) is 4.90 Å². The van der Waals surface area contributed by atoms with E-state index >= 15 is 0 Å². The SMILES string of the molecule is CC(C)C1CCCN1CC(O)c1ccc(C(N)=S)cc1. The number of nitrogens with two attached hydrogens (primary N) is 1. The molecule has 0 amide bonds. The molecule has 0 saturated carbocycles. The summed E-state index contributed by atoms with van der Waals surface area (Å²) >= 11 is 4.94. The van der Waals surface area contributed by atoms with Crippen LogP contribution in [0, 0.1) is 5.92 Å². The maximum Gasteiger partial charge on any atom is 0.103 e. The van der Waals surface area contributed by atoms with Gasteiger partial charge in [0.15, 0.2) is 0 Å². The average molecular weight is 292 g/mol. The van der Waals surface area contributed by atoms with E-state index in [-0.39, 0.29) is 0 Å². The van der Waals surface area contributed by atoms with Crippen LogP contribution in [0.3, 0.4) is 0 Å². The predicted octanol–water partition coefficient (Wildman–Crippen LogP) is 2.47. The van der Waals surface area contributed by atoms with Gasteiger partial charge in [0, 0.05) is 18.2 Å². The van der Waals surface area contributed by atoms with Crippen LogP contribution in [0.15, 0.2) is 24.3 Å². The summed E-state index contributed by atoms with van der Waals surface area (Å²) in [6, 6.07) is 8.19. The minimum Gasteiger partial charge on any atom is -0.389 e. The highest BCUT2D eigenvalue weighted by molar-refractivity contribution is 7.80. The van der Waals surface area contributed by atoms with Crippen molar-refractivity contribution in [3.05, 3.63) is 35.4 Å². The zero-order valence-corrected chi connectivity index (χ0v) is 13.1. The first kappa shape index (κ1) is 15.4. The van der Waals surface area contributed by atoms with E-state index < -0.39 is 6.10 Å². The van der Waals surface area contributed by atoms with Crippen LogP contribution in [0.5, 0.6) is 0 Å². The number of thiocarbonyl (C=S) groups is 1. The minimum absolute atomic E-state index is 0.394. The number of aliphatic hydroxyl groups excluding tert-OH is 1. The van der Waals surface area contributed by atoms with Crippen LogP contribution >= 0.6 is 12.2 Å². The van der Waals surface area contributed by atoms with E-state index in [4.69, 9.17) is 18.0 Å². The molecule has 1 aromatic rings. The zero-order valence-electron chi connectivity index (χ0n) is 12.2. The molecule has 20 heavy (non-hydrogen) atoms. The van der Waals surface area contributed by atoms with Crippen LogP contribution in [0.4, 0.5) is 0 Å². The van der Waals surface area contributed by atoms with E-state index in [0.29, 0.717) is 23.5 Å². The Morgan fingerprint density at radius 3 is 2.60 bits per heavy atom. The summed E-state index contributed by atoms with van der Waals surface area (Å²) in [6.07, 6.45) is 2.02. The molecule has 2 atom stereocenters. The molecule has 0 aliphatic carbocycles. The first-order valence-corrected chi connectivity index (χ1v) is 7.71. The summed E-state index contributed by atoms with van der Waals surface area (Å²) in [6.45, 7) is 6.30. The van der Waals surface area contributed by atoms with Crippen molar-refractivity contribution in [2.45, 2.75) is 38.8 Å². The number of aliphatic hydroxyl groups is 1. The number of likely N-dealkylation sites (tertiary alicyclic amines) is 1. The Kier molecular flexibility index (Phi) is 5.13. The Morgan fingerprint density at radius 1 is 1.40 bits per heavy atom. The van der Waals surface area contributed by atoms with Crippen molar-refractivity contribution in [3.63, 3.8) is 0 Å². The van der Waals surface area contributed by atoms with Gasteiger partial charge in [0.25, 0.3) is 0 Å². The molecule has 2 rings (SSSR count). The largest absolute Gasteiger partial charge is 0.389 e. The topological polar surface area (TPSA) is 49.5 Å². The van der Waals surface area contributed by atoms with E-state index in [1.54, 1.807) is 0 Å². The first-order chi connectivity index (χ1) is 9.49. The summed E-state index contributed by atoms with van der Waals surface area (Å²) < 4.78 is 0. The molecule has 1 aliphatic rings. The van der Waals surface area contributed by atoms with Crippen LogP contribution in [0.2, 0.25) is 0 Å². The summed E-state index contributed by atoms with van der Waals surface area (Å²) in [5.41, 5.74) is 7.36. The quantitative estimate of drug-likeness (QED) is 0.819. The third kappa shape index (κ3) is 3.57. The van der Waals surface area contributed by atoms with Gasteiger partial charge < -0.3 is 10.8 Å². The molecule has 110 valence electrons. The van der Waals surface area contributed by atoms with Crippen LogP contribution in [0.25, 0.3) is 0 Å². The highest BCUT2D eigenvalue weighted by atomic mass is 32.1. The van der Waals surface area contributed by atoms with E-state index in [1.165, 1.54) is 12.8 Å². The smallest absolute Gasteiger partial charge is 0.103 e. The number of β-amino-alcohol motifs (C(OH)–C–C–N with tert-alkyl or cyclic N) is 1. The summed E-state index contributed by atoms with van der Waals surface area (Å²) in [5, 5.41) is 10.4. The fourth-order valence-electron chi connectivity index (χ4n) is 3.03. The van der Waals surface area contributed by atoms with E-state index in [1.807, 2.05) is 24.3 Å². The predicted molar refractivity (Wildman–Crippen MR) is 86.7 cm³/mol. The Bertz CT molecular complexity index is 458. The highest BCUT2D eigenvalue weighted by Gasteiger charge is 2.28. The molecule has 3 nitrogen and oxygen atoms in total. The second-order valence-electron chi connectivity index (χ2n) is 5.95. The van der Waals surface area contributed by atoms with E-state index in [2.05, 4.69) is 18.7 Å². The molecular weight excluding hydrogens is 268 g/mol. The normalized spacial score (nSPS) is 21.3. The summed E-state index contributed by atoms with van der Waals surface area (Å²) in [4.78, 5) is 2.81.